The van der Waals surface area contributed by atoms with Gasteiger partial charge in [-0.15, -0.1) is 0 Å². The highest BCUT2D eigenvalue weighted by Crippen LogP contribution is 2.37. The van der Waals surface area contributed by atoms with E-state index in [9.17, 15) is 19.2 Å². The van der Waals surface area contributed by atoms with Crippen LogP contribution in [0.3, 0.4) is 0 Å². The number of amides is 2. The summed E-state index contributed by atoms with van der Waals surface area (Å²) >= 11 is 0. The van der Waals surface area contributed by atoms with Gasteiger partial charge in [-0.2, -0.15) is 0 Å². The molecule has 1 saturated carbocycles. The van der Waals surface area contributed by atoms with Crippen LogP contribution in [0.4, 0.5) is 0 Å². The molecule has 0 aromatic heterocycles. The van der Waals surface area contributed by atoms with Crippen molar-refractivity contribution in [3.63, 3.8) is 0 Å². The summed E-state index contributed by atoms with van der Waals surface area (Å²) in [7, 11) is 0. The summed E-state index contributed by atoms with van der Waals surface area (Å²) in [6.45, 7) is 1.49. The normalized spacial score (nSPS) is 22.7. The molecule has 1 aromatic carbocycles. The first-order valence-electron chi connectivity index (χ1n) is 8.64. The van der Waals surface area contributed by atoms with Crippen molar-refractivity contribution in [1.82, 2.24) is 4.90 Å². The van der Waals surface area contributed by atoms with Crippen LogP contribution in [0.25, 0.3) is 0 Å². The van der Waals surface area contributed by atoms with Crippen LogP contribution in [-0.4, -0.2) is 35.0 Å². The maximum atomic E-state index is 12.4. The predicted molar refractivity (Wildman–Crippen MR) is 88.9 cm³/mol. The molecule has 0 N–H and O–H groups in total. The van der Waals surface area contributed by atoms with Gasteiger partial charge in [-0.1, -0.05) is 25.0 Å². The summed E-state index contributed by atoms with van der Waals surface area (Å²) < 4.78 is 5.21. The second kappa shape index (κ2) is 7.17. The molecule has 0 unspecified atom stereocenters. The summed E-state index contributed by atoms with van der Waals surface area (Å²) in [5.74, 6) is -1.08. The molecule has 6 nitrogen and oxygen atoms in total. The number of ketones is 1. The Kier molecular flexibility index (Phi) is 4.97. The van der Waals surface area contributed by atoms with Gasteiger partial charge in [0.15, 0.2) is 5.78 Å². The number of fused-ring (bicyclic) bond motifs is 1. The molecule has 0 bridgehead atoms. The van der Waals surface area contributed by atoms with E-state index in [1.807, 2.05) is 0 Å². The molecule has 3 rings (SSSR count). The number of hydrogen-bond acceptors (Lipinski definition) is 5. The Labute approximate surface area is 146 Å². The molecule has 1 saturated heterocycles. The third kappa shape index (κ3) is 3.62. The quantitative estimate of drug-likeness (QED) is 0.355. The standard InChI is InChI=1S/C19H21NO5/c1-12(21)13-5-4-6-14(11-13)25-17(22)9-10-20-18(23)15-7-2-3-8-16(15)19(20)24/h4-6,11,15-16H,2-3,7-10H2,1H3/t15-,16+. The molecule has 0 radical (unpaired) electrons. The lowest BCUT2D eigenvalue weighted by Crippen LogP contribution is -2.33. The maximum absolute atomic E-state index is 12.4. The van der Waals surface area contributed by atoms with Crippen molar-refractivity contribution in [2.24, 2.45) is 11.8 Å². The largest absolute Gasteiger partial charge is 0.426 e. The Balaban J connectivity index is 1.57. The van der Waals surface area contributed by atoms with E-state index in [-0.39, 0.29) is 48.1 Å². The van der Waals surface area contributed by atoms with Gasteiger partial charge in [0, 0.05) is 12.1 Å². The number of carbonyl (C=O) groups is 4. The Morgan fingerprint density at radius 2 is 1.76 bits per heavy atom. The van der Waals surface area contributed by atoms with E-state index in [1.54, 1.807) is 18.2 Å². The molecule has 2 atom stereocenters. The summed E-state index contributed by atoms with van der Waals surface area (Å²) in [5.41, 5.74) is 0.458. The number of Topliss-reactive ketones (excluding diaryl/α,β-unsaturated/α-hetero) is 1. The van der Waals surface area contributed by atoms with Crippen molar-refractivity contribution >= 4 is 23.6 Å². The van der Waals surface area contributed by atoms with Gasteiger partial charge in [0.05, 0.1) is 18.3 Å². The highest BCUT2D eigenvalue weighted by atomic mass is 16.5. The number of ether oxygens (including phenoxy) is 1. The van der Waals surface area contributed by atoms with Crippen LogP contribution in [0.15, 0.2) is 24.3 Å². The minimum Gasteiger partial charge on any atom is -0.426 e. The van der Waals surface area contributed by atoms with Crippen LogP contribution in [-0.2, 0) is 14.4 Å². The molecule has 1 aliphatic carbocycles. The summed E-state index contributed by atoms with van der Waals surface area (Å²) in [6, 6.07) is 6.37. The molecule has 0 spiro atoms. The second-order valence-electron chi connectivity index (χ2n) is 6.63. The summed E-state index contributed by atoms with van der Waals surface area (Å²) in [5, 5.41) is 0. The van der Waals surface area contributed by atoms with Crippen molar-refractivity contribution in [3.8, 4) is 5.75 Å². The van der Waals surface area contributed by atoms with E-state index in [0.29, 0.717) is 5.56 Å². The Bertz CT molecular complexity index is 702. The smallest absolute Gasteiger partial charge is 0.312 e. The Morgan fingerprint density at radius 1 is 1.12 bits per heavy atom. The molecule has 1 aromatic rings. The lowest BCUT2D eigenvalue weighted by atomic mass is 9.81. The lowest BCUT2D eigenvalue weighted by molar-refractivity contribution is -0.141. The molecule has 2 amide bonds. The molecule has 6 heteroatoms. The van der Waals surface area contributed by atoms with Crippen molar-refractivity contribution in [2.45, 2.75) is 39.0 Å². The fourth-order valence-electron chi connectivity index (χ4n) is 3.62. The molecule has 25 heavy (non-hydrogen) atoms. The first-order valence-corrected chi connectivity index (χ1v) is 8.64. The lowest BCUT2D eigenvalue weighted by Gasteiger charge is -2.19. The number of carbonyl (C=O) groups excluding carboxylic acids is 4. The first kappa shape index (κ1) is 17.3. The van der Waals surface area contributed by atoms with Crippen LogP contribution in [0, 0.1) is 11.8 Å². The van der Waals surface area contributed by atoms with E-state index in [2.05, 4.69) is 0 Å². The molecule has 2 fully saturated rings. The number of benzene rings is 1. The van der Waals surface area contributed by atoms with Gasteiger partial charge >= 0.3 is 5.97 Å². The zero-order chi connectivity index (χ0) is 18.0. The van der Waals surface area contributed by atoms with Gasteiger partial charge in [0.2, 0.25) is 11.8 Å². The van der Waals surface area contributed by atoms with Crippen molar-refractivity contribution < 1.29 is 23.9 Å². The Morgan fingerprint density at radius 3 is 2.36 bits per heavy atom. The van der Waals surface area contributed by atoms with E-state index in [1.165, 1.54) is 17.9 Å². The number of rotatable bonds is 5. The molecule has 2 aliphatic rings. The number of likely N-dealkylation sites (tertiary alicyclic amines) is 1. The van der Waals surface area contributed by atoms with Gasteiger partial charge in [-0.25, -0.2) is 0 Å². The Hall–Kier alpha value is -2.50. The van der Waals surface area contributed by atoms with Crippen molar-refractivity contribution in [2.75, 3.05) is 6.54 Å². The number of nitrogens with zero attached hydrogens (tertiary/aromatic N) is 1. The third-order valence-corrected chi connectivity index (χ3v) is 4.94. The average Bonchev–Trinajstić information content (AvgIpc) is 2.85. The molecular weight excluding hydrogens is 322 g/mol. The fraction of sp³-hybridized carbons (Fsp3) is 0.474. The van der Waals surface area contributed by atoms with Crippen molar-refractivity contribution in [1.29, 1.82) is 0 Å². The van der Waals surface area contributed by atoms with Crippen LogP contribution in [0.5, 0.6) is 5.75 Å². The first-order chi connectivity index (χ1) is 12.0. The van der Waals surface area contributed by atoms with Gasteiger partial charge in [-0.05, 0) is 31.9 Å². The highest BCUT2D eigenvalue weighted by molar-refractivity contribution is 6.05. The number of imide groups is 1. The third-order valence-electron chi connectivity index (χ3n) is 4.94. The topological polar surface area (TPSA) is 80.8 Å². The number of hydrogen-bond donors (Lipinski definition) is 0. The number of esters is 1. The molecular formula is C19H21NO5. The molecule has 132 valence electrons. The SMILES string of the molecule is CC(=O)c1cccc(OC(=O)CCN2C(=O)[C@H]3CCCC[C@H]3C2=O)c1. The molecule has 1 heterocycles. The maximum Gasteiger partial charge on any atom is 0.312 e. The summed E-state index contributed by atoms with van der Waals surface area (Å²) in [6.07, 6.45) is 3.41. The van der Waals surface area contributed by atoms with Gasteiger partial charge in [-0.3, -0.25) is 24.1 Å². The van der Waals surface area contributed by atoms with E-state index in [4.69, 9.17) is 4.74 Å². The van der Waals surface area contributed by atoms with Crippen LogP contribution >= 0.6 is 0 Å². The highest BCUT2D eigenvalue weighted by Gasteiger charge is 2.47. The zero-order valence-electron chi connectivity index (χ0n) is 14.2. The van der Waals surface area contributed by atoms with Crippen molar-refractivity contribution in [3.05, 3.63) is 29.8 Å². The van der Waals surface area contributed by atoms with Gasteiger partial charge in [0.1, 0.15) is 5.75 Å². The van der Waals surface area contributed by atoms with Gasteiger partial charge in [0.25, 0.3) is 0 Å². The minimum atomic E-state index is -0.531. The monoisotopic (exact) mass is 343 g/mol. The predicted octanol–water partition coefficient (Wildman–Crippen LogP) is 2.36. The van der Waals surface area contributed by atoms with Crippen LogP contribution < -0.4 is 4.74 Å². The van der Waals surface area contributed by atoms with E-state index in [0.717, 1.165) is 25.7 Å². The van der Waals surface area contributed by atoms with E-state index < -0.39 is 5.97 Å². The minimum absolute atomic E-state index is 0.0515. The fourth-order valence-corrected chi connectivity index (χ4v) is 3.62. The second-order valence-corrected chi connectivity index (χ2v) is 6.63. The van der Waals surface area contributed by atoms with Crippen LogP contribution in [0.1, 0.15) is 49.4 Å². The van der Waals surface area contributed by atoms with E-state index >= 15 is 0 Å². The zero-order valence-corrected chi connectivity index (χ0v) is 14.2. The van der Waals surface area contributed by atoms with Gasteiger partial charge < -0.3 is 4.74 Å². The summed E-state index contributed by atoms with van der Waals surface area (Å²) in [4.78, 5) is 49.3. The molecule has 1 aliphatic heterocycles. The average molecular weight is 343 g/mol. The van der Waals surface area contributed by atoms with Crippen LogP contribution in [0.2, 0.25) is 0 Å².